The van der Waals surface area contributed by atoms with Gasteiger partial charge in [-0.25, -0.2) is 0 Å². The highest BCUT2D eigenvalue weighted by molar-refractivity contribution is 5.71. The van der Waals surface area contributed by atoms with E-state index in [1.165, 1.54) is 33.4 Å². The molecule has 0 N–H and O–H groups in total. The van der Waals surface area contributed by atoms with Crippen LogP contribution in [0, 0.1) is 25.7 Å². The standard InChI is InChI=1S/C22H26/c1-15-7-11-21(12-8-15)19(5)17(3)18(4)20(6)22-13-9-16(2)10-14-22/h7-14,17-18H,5-6H2,1-4H3/t17-,18-/m0/s1. The van der Waals surface area contributed by atoms with Crippen LogP contribution in [0.1, 0.15) is 36.1 Å². The highest BCUT2D eigenvalue weighted by atomic mass is 14.2. The molecule has 0 spiro atoms. The van der Waals surface area contributed by atoms with Gasteiger partial charge in [0.05, 0.1) is 0 Å². The van der Waals surface area contributed by atoms with Crippen molar-refractivity contribution in [3.05, 3.63) is 83.9 Å². The van der Waals surface area contributed by atoms with Crippen LogP contribution in [0.25, 0.3) is 11.1 Å². The zero-order valence-electron chi connectivity index (χ0n) is 14.2. The molecule has 0 aliphatic heterocycles. The Morgan fingerprint density at radius 3 is 1.18 bits per heavy atom. The van der Waals surface area contributed by atoms with E-state index in [1.807, 2.05) is 0 Å². The number of aryl methyl sites for hydroxylation is 2. The minimum Gasteiger partial charge on any atom is -0.0949 e. The summed E-state index contributed by atoms with van der Waals surface area (Å²) >= 11 is 0. The zero-order chi connectivity index (χ0) is 16.3. The maximum Gasteiger partial charge on any atom is -0.0124 e. The molecule has 0 fully saturated rings. The Kier molecular flexibility index (Phi) is 5.03. The number of hydrogen-bond donors (Lipinski definition) is 0. The topological polar surface area (TPSA) is 0 Å². The molecular weight excluding hydrogens is 264 g/mol. The van der Waals surface area contributed by atoms with Crippen LogP contribution >= 0.6 is 0 Å². The molecule has 2 aromatic carbocycles. The van der Waals surface area contributed by atoms with Gasteiger partial charge in [-0.2, -0.15) is 0 Å². The zero-order valence-corrected chi connectivity index (χ0v) is 14.2. The molecule has 0 heterocycles. The average molecular weight is 290 g/mol. The molecule has 22 heavy (non-hydrogen) atoms. The van der Waals surface area contributed by atoms with Gasteiger partial charge >= 0.3 is 0 Å². The molecule has 0 heteroatoms. The Morgan fingerprint density at radius 1 is 0.636 bits per heavy atom. The third-order valence-electron chi connectivity index (χ3n) is 4.69. The van der Waals surface area contributed by atoms with Gasteiger partial charge in [-0.05, 0) is 48.0 Å². The summed E-state index contributed by atoms with van der Waals surface area (Å²) in [5.74, 6) is 0.716. The Balaban J connectivity index is 2.15. The number of hydrogen-bond acceptors (Lipinski definition) is 0. The Labute approximate surface area is 135 Å². The minimum atomic E-state index is 0.358. The van der Waals surface area contributed by atoms with Crippen LogP contribution < -0.4 is 0 Å². The van der Waals surface area contributed by atoms with E-state index >= 15 is 0 Å². The van der Waals surface area contributed by atoms with E-state index in [4.69, 9.17) is 0 Å². The molecule has 114 valence electrons. The molecule has 2 aromatic rings. The van der Waals surface area contributed by atoms with Crippen molar-refractivity contribution < 1.29 is 0 Å². The third kappa shape index (κ3) is 3.57. The van der Waals surface area contributed by atoms with Crippen molar-refractivity contribution in [2.45, 2.75) is 27.7 Å². The lowest BCUT2D eigenvalue weighted by Gasteiger charge is -2.25. The van der Waals surface area contributed by atoms with E-state index in [-0.39, 0.29) is 0 Å². The quantitative estimate of drug-likeness (QED) is 0.606. The lowest BCUT2D eigenvalue weighted by atomic mass is 9.80. The molecule has 0 amide bonds. The Bertz CT molecular complexity index is 595. The van der Waals surface area contributed by atoms with E-state index in [9.17, 15) is 0 Å². The maximum absolute atomic E-state index is 4.32. The van der Waals surface area contributed by atoms with Crippen molar-refractivity contribution >= 4 is 11.1 Å². The van der Waals surface area contributed by atoms with E-state index in [0.29, 0.717) is 11.8 Å². The summed E-state index contributed by atoms with van der Waals surface area (Å²) < 4.78 is 0. The van der Waals surface area contributed by atoms with Gasteiger partial charge in [0.1, 0.15) is 0 Å². The molecule has 2 rings (SSSR count). The van der Waals surface area contributed by atoms with Gasteiger partial charge in [0.25, 0.3) is 0 Å². The normalized spacial score (nSPS) is 13.5. The summed E-state index contributed by atoms with van der Waals surface area (Å²) in [6, 6.07) is 17.2. The molecule has 0 aromatic heterocycles. The number of benzene rings is 2. The first kappa shape index (κ1) is 16.3. The second-order valence-corrected chi connectivity index (χ2v) is 6.36. The third-order valence-corrected chi connectivity index (χ3v) is 4.69. The van der Waals surface area contributed by atoms with Gasteiger partial charge in [-0.15, -0.1) is 0 Å². The van der Waals surface area contributed by atoms with Crippen molar-refractivity contribution in [3.63, 3.8) is 0 Å². The molecule has 0 aliphatic carbocycles. The highest BCUT2D eigenvalue weighted by Crippen LogP contribution is 2.35. The van der Waals surface area contributed by atoms with E-state index in [2.05, 4.69) is 89.4 Å². The average Bonchev–Trinajstić information content (AvgIpc) is 2.53. The van der Waals surface area contributed by atoms with Crippen LogP contribution in [0.2, 0.25) is 0 Å². The largest absolute Gasteiger partial charge is 0.0949 e. The van der Waals surface area contributed by atoms with E-state index in [0.717, 1.165) is 0 Å². The SMILES string of the molecule is C=C(c1ccc(C)cc1)[C@@H](C)[C@H](C)C(=C)c1ccc(C)cc1. The molecule has 0 unspecified atom stereocenters. The van der Waals surface area contributed by atoms with E-state index in [1.54, 1.807) is 0 Å². The van der Waals surface area contributed by atoms with Crippen LogP contribution in [-0.4, -0.2) is 0 Å². The summed E-state index contributed by atoms with van der Waals surface area (Å²) in [6.07, 6.45) is 0. The van der Waals surface area contributed by atoms with Crippen LogP contribution in [-0.2, 0) is 0 Å². The van der Waals surface area contributed by atoms with Gasteiger partial charge in [0.2, 0.25) is 0 Å². The summed E-state index contributed by atoms with van der Waals surface area (Å²) in [7, 11) is 0. The Hall–Kier alpha value is -2.08. The molecule has 2 atom stereocenters. The molecule has 0 bridgehead atoms. The van der Waals surface area contributed by atoms with Gasteiger partial charge in [-0.1, -0.05) is 86.7 Å². The predicted molar refractivity (Wildman–Crippen MR) is 98.8 cm³/mol. The first-order valence-electron chi connectivity index (χ1n) is 7.92. The van der Waals surface area contributed by atoms with Crippen LogP contribution in [0.15, 0.2) is 61.7 Å². The predicted octanol–water partition coefficient (Wildman–Crippen LogP) is 6.30. The minimum absolute atomic E-state index is 0.358. The van der Waals surface area contributed by atoms with E-state index < -0.39 is 0 Å². The lowest BCUT2D eigenvalue weighted by molar-refractivity contribution is 0.591. The van der Waals surface area contributed by atoms with Crippen molar-refractivity contribution in [2.24, 2.45) is 11.8 Å². The molecule has 0 saturated heterocycles. The summed E-state index contributed by atoms with van der Waals surface area (Å²) in [5.41, 5.74) is 7.37. The van der Waals surface area contributed by atoms with Gasteiger partial charge in [-0.3, -0.25) is 0 Å². The molecule has 0 nitrogen and oxygen atoms in total. The van der Waals surface area contributed by atoms with Crippen LogP contribution in [0.4, 0.5) is 0 Å². The van der Waals surface area contributed by atoms with Crippen LogP contribution in [0.5, 0.6) is 0 Å². The number of rotatable bonds is 5. The maximum atomic E-state index is 4.32. The van der Waals surface area contributed by atoms with Crippen LogP contribution in [0.3, 0.4) is 0 Å². The van der Waals surface area contributed by atoms with Crippen molar-refractivity contribution in [1.29, 1.82) is 0 Å². The molecule has 0 saturated carbocycles. The van der Waals surface area contributed by atoms with Crippen molar-refractivity contribution in [2.75, 3.05) is 0 Å². The fraction of sp³-hybridized carbons (Fsp3) is 0.273. The fourth-order valence-corrected chi connectivity index (χ4v) is 2.66. The summed E-state index contributed by atoms with van der Waals surface area (Å²) in [6.45, 7) is 17.4. The number of allylic oxidation sites excluding steroid dienone is 2. The second kappa shape index (κ2) is 6.79. The second-order valence-electron chi connectivity index (χ2n) is 6.36. The molecule has 0 aliphatic rings. The summed E-state index contributed by atoms with van der Waals surface area (Å²) in [4.78, 5) is 0. The van der Waals surface area contributed by atoms with Gasteiger partial charge in [0, 0.05) is 0 Å². The summed E-state index contributed by atoms with van der Waals surface area (Å²) in [5, 5.41) is 0. The van der Waals surface area contributed by atoms with Crippen molar-refractivity contribution in [3.8, 4) is 0 Å². The smallest absolute Gasteiger partial charge is 0.0124 e. The van der Waals surface area contributed by atoms with Gasteiger partial charge in [0.15, 0.2) is 0 Å². The highest BCUT2D eigenvalue weighted by Gasteiger charge is 2.20. The fourth-order valence-electron chi connectivity index (χ4n) is 2.66. The van der Waals surface area contributed by atoms with Gasteiger partial charge < -0.3 is 0 Å². The first-order chi connectivity index (χ1) is 10.4. The molecule has 0 radical (unpaired) electrons. The first-order valence-corrected chi connectivity index (χ1v) is 7.92. The van der Waals surface area contributed by atoms with Crippen molar-refractivity contribution in [1.82, 2.24) is 0 Å². The monoisotopic (exact) mass is 290 g/mol. The Morgan fingerprint density at radius 2 is 0.909 bits per heavy atom. The lowest BCUT2D eigenvalue weighted by Crippen LogP contribution is -2.11. The molecular formula is C22H26.